The fraction of sp³-hybridized carbons (Fsp3) is 0.200. The zero-order valence-electron chi connectivity index (χ0n) is 14.0. The van der Waals surface area contributed by atoms with Crippen LogP contribution in [0.1, 0.15) is 38.8 Å². The second-order valence-electron chi connectivity index (χ2n) is 6.31. The topological polar surface area (TPSA) is 72.0 Å². The zero-order valence-corrected chi connectivity index (χ0v) is 14.8. The molecule has 4 rings (SSSR count). The van der Waals surface area contributed by atoms with Gasteiger partial charge in [0, 0.05) is 23.4 Å². The van der Waals surface area contributed by atoms with Gasteiger partial charge in [-0.1, -0.05) is 36.4 Å². The van der Waals surface area contributed by atoms with Crippen LogP contribution in [-0.4, -0.2) is 21.7 Å². The average molecular weight is 363 g/mol. The summed E-state index contributed by atoms with van der Waals surface area (Å²) in [7, 11) is 0. The summed E-state index contributed by atoms with van der Waals surface area (Å²) in [6, 6.07) is 13.6. The Bertz CT molecular complexity index is 939. The molecule has 5 nitrogen and oxygen atoms in total. The van der Waals surface area contributed by atoms with E-state index in [1.54, 1.807) is 11.3 Å². The molecule has 3 aromatic rings. The van der Waals surface area contributed by atoms with E-state index in [-0.39, 0.29) is 30.0 Å². The molecule has 0 bridgehead atoms. The molecular formula is C20H17N3O2S. The highest BCUT2D eigenvalue weighted by Gasteiger charge is 2.28. The van der Waals surface area contributed by atoms with Crippen molar-refractivity contribution in [1.82, 2.24) is 9.97 Å². The van der Waals surface area contributed by atoms with Crippen LogP contribution in [0.2, 0.25) is 0 Å². The molecule has 2 heterocycles. The first-order chi connectivity index (χ1) is 12.7. The van der Waals surface area contributed by atoms with E-state index in [0.29, 0.717) is 24.1 Å². The fourth-order valence-electron chi connectivity index (χ4n) is 3.18. The van der Waals surface area contributed by atoms with E-state index in [1.807, 2.05) is 41.8 Å². The molecular weight excluding hydrogens is 346 g/mol. The maximum Gasteiger partial charge on any atom is 0.231 e. The van der Waals surface area contributed by atoms with Crippen LogP contribution in [0.3, 0.4) is 0 Å². The molecule has 0 spiro atoms. The molecule has 26 heavy (non-hydrogen) atoms. The SMILES string of the molecule is O=C(Cc1ccccc1)Nc1ncc2c(n1)C[C@H](c1cccs1)CC2=O. The molecule has 1 atom stereocenters. The number of rotatable bonds is 4. The second-order valence-corrected chi connectivity index (χ2v) is 7.29. The minimum atomic E-state index is -0.173. The van der Waals surface area contributed by atoms with Crippen molar-refractivity contribution in [1.29, 1.82) is 0 Å². The largest absolute Gasteiger partial charge is 0.294 e. The minimum absolute atomic E-state index is 0.0619. The van der Waals surface area contributed by atoms with Crippen molar-refractivity contribution in [2.45, 2.75) is 25.2 Å². The van der Waals surface area contributed by atoms with Crippen LogP contribution in [0.25, 0.3) is 0 Å². The van der Waals surface area contributed by atoms with Gasteiger partial charge in [-0.25, -0.2) is 9.97 Å². The smallest absolute Gasteiger partial charge is 0.231 e. The van der Waals surface area contributed by atoms with Gasteiger partial charge in [0.1, 0.15) is 0 Å². The molecule has 0 unspecified atom stereocenters. The Labute approximate surface area is 155 Å². The number of benzene rings is 1. The number of amides is 1. The van der Waals surface area contributed by atoms with Crippen LogP contribution < -0.4 is 5.32 Å². The predicted molar refractivity (Wildman–Crippen MR) is 101 cm³/mol. The molecule has 0 saturated carbocycles. The van der Waals surface area contributed by atoms with E-state index in [2.05, 4.69) is 21.4 Å². The maximum atomic E-state index is 12.4. The Morgan fingerprint density at radius 1 is 1.15 bits per heavy atom. The molecule has 0 fully saturated rings. The Morgan fingerprint density at radius 3 is 2.77 bits per heavy atom. The Morgan fingerprint density at radius 2 is 2.00 bits per heavy atom. The van der Waals surface area contributed by atoms with Crippen molar-refractivity contribution in [3.05, 3.63) is 75.7 Å². The van der Waals surface area contributed by atoms with Gasteiger partial charge in [-0.15, -0.1) is 11.3 Å². The molecule has 2 aromatic heterocycles. The number of carbonyl (C=O) groups excluding carboxylic acids is 2. The lowest BCUT2D eigenvalue weighted by Gasteiger charge is -2.22. The number of anilines is 1. The normalized spacial score (nSPS) is 16.2. The van der Waals surface area contributed by atoms with Crippen LogP contribution in [0.15, 0.2) is 54.0 Å². The number of nitrogens with one attached hydrogen (secondary N) is 1. The Kier molecular flexibility index (Phi) is 4.58. The highest BCUT2D eigenvalue weighted by Crippen LogP contribution is 2.34. The van der Waals surface area contributed by atoms with Crippen LogP contribution in [0.4, 0.5) is 5.95 Å². The average Bonchev–Trinajstić information content (AvgIpc) is 3.17. The molecule has 1 aromatic carbocycles. The molecule has 1 aliphatic rings. The van der Waals surface area contributed by atoms with Crippen molar-refractivity contribution in [3.63, 3.8) is 0 Å². The van der Waals surface area contributed by atoms with Gasteiger partial charge in [-0.05, 0) is 23.4 Å². The maximum absolute atomic E-state index is 12.4. The third-order valence-corrected chi connectivity index (χ3v) is 5.48. The summed E-state index contributed by atoms with van der Waals surface area (Å²) in [4.78, 5) is 34.4. The second kappa shape index (κ2) is 7.17. The predicted octanol–water partition coefficient (Wildman–Crippen LogP) is 3.63. The number of carbonyl (C=O) groups is 2. The molecule has 1 aliphatic carbocycles. The minimum Gasteiger partial charge on any atom is -0.294 e. The molecule has 0 saturated heterocycles. The molecule has 0 radical (unpaired) electrons. The van der Waals surface area contributed by atoms with Gasteiger partial charge in [0.05, 0.1) is 17.7 Å². The van der Waals surface area contributed by atoms with Gasteiger partial charge in [0.2, 0.25) is 11.9 Å². The number of thiophene rings is 1. The first-order valence-corrected chi connectivity index (χ1v) is 9.33. The van der Waals surface area contributed by atoms with E-state index >= 15 is 0 Å². The molecule has 1 N–H and O–H groups in total. The number of ketones is 1. The van der Waals surface area contributed by atoms with Crippen molar-refractivity contribution in [3.8, 4) is 0 Å². The highest BCUT2D eigenvalue weighted by molar-refractivity contribution is 7.10. The van der Waals surface area contributed by atoms with Crippen molar-refractivity contribution >= 4 is 29.0 Å². The van der Waals surface area contributed by atoms with E-state index in [1.165, 1.54) is 11.1 Å². The lowest BCUT2D eigenvalue weighted by Crippen LogP contribution is -2.22. The van der Waals surface area contributed by atoms with Gasteiger partial charge < -0.3 is 0 Å². The summed E-state index contributed by atoms with van der Waals surface area (Å²) in [5.41, 5.74) is 2.21. The van der Waals surface area contributed by atoms with Gasteiger partial charge in [-0.3, -0.25) is 14.9 Å². The van der Waals surface area contributed by atoms with Crippen molar-refractivity contribution < 1.29 is 9.59 Å². The Balaban J connectivity index is 1.50. The van der Waals surface area contributed by atoms with Crippen molar-refractivity contribution in [2.24, 2.45) is 0 Å². The summed E-state index contributed by atoms with van der Waals surface area (Å²) >= 11 is 1.66. The van der Waals surface area contributed by atoms with E-state index in [4.69, 9.17) is 0 Å². The molecule has 0 aliphatic heterocycles. The lowest BCUT2D eigenvalue weighted by atomic mass is 9.86. The summed E-state index contributed by atoms with van der Waals surface area (Å²) in [6.45, 7) is 0. The van der Waals surface area contributed by atoms with Crippen LogP contribution in [-0.2, 0) is 17.6 Å². The molecule has 130 valence electrons. The summed E-state index contributed by atoms with van der Waals surface area (Å²) in [5, 5.41) is 4.75. The first kappa shape index (κ1) is 16.6. The van der Waals surface area contributed by atoms with E-state index in [9.17, 15) is 9.59 Å². The summed E-state index contributed by atoms with van der Waals surface area (Å²) < 4.78 is 0. The van der Waals surface area contributed by atoms with Gasteiger partial charge >= 0.3 is 0 Å². The first-order valence-electron chi connectivity index (χ1n) is 8.45. The molecule has 1 amide bonds. The number of hydrogen-bond donors (Lipinski definition) is 1. The van der Waals surface area contributed by atoms with Crippen LogP contribution in [0, 0.1) is 0 Å². The number of Topliss-reactive ketones (excluding diaryl/α,β-unsaturated/α-hetero) is 1. The zero-order chi connectivity index (χ0) is 17.9. The standard InChI is InChI=1S/C20H17N3O2S/c24-17-11-14(18-7-4-8-26-18)10-16-15(17)12-21-20(22-16)23-19(25)9-13-5-2-1-3-6-13/h1-8,12,14H,9-11H2,(H,21,22,23,25)/t14-/m0/s1. The van der Waals surface area contributed by atoms with Crippen molar-refractivity contribution in [2.75, 3.05) is 5.32 Å². The quantitative estimate of drug-likeness (QED) is 0.768. The number of aromatic nitrogens is 2. The third kappa shape index (κ3) is 3.55. The van der Waals surface area contributed by atoms with Crippen LogP contribution >= 0.6 is 11.3 Å². The van der Waals surface area contributed by atoms with Crippen LogP contribution in [0.5, 0.6) is 0 Å². The van der Waals surface area contributed by atoms with E-state index < -0.39 is 0 Å². The summed E-state index contributed by atoms with van der Waals surface area (Å²) in [5.74, 6) is 0.294. The highest BCUT2D eigenvalue weighted by atomic mass is 32.1. The Hall–Kier alpha value is -2.86. The van der Waals surface area contributed by atoms with E-state index in [0.717, 1.165) is 5.56 Å². The van der Waals surface area contributed by atoms with Gasteiger partial charge in [0.15, 0.2) is 5.78 Å². The molecule has 6 heteroatoms. The van der Waals surface area contributed by atoms with Gasteiger partial charge in [0.25, 0.3) is 0 Å². The number of nitrogens with zero attached hydrogens (tertiary/aromatic N) is 2. The monoisotopic (exact) mass is 363 g/mol. The van der Waals surface area contributed by atoms with Gasteiger partial charge in [-0.2, -0.15) is 0 Å². The fourth-order valence-corrected chi connectivity index (χ4v) is 4.01. The number of fused-ring (bicyclic) bond motifs is 1. The summed E-state index contributed by atoms with van der Waals surface area (Å²) in [6.07, 6.45) is 2.97. The lowest BCUT2D eigenvalue weighted by molar-refractivity contribution is -0.115. The third-order valence-electron chi connectivity index (χ3n) is 4.44. The number of hydrogen-bond acceptors (Lipinski definition) is 5.